The van der Waals surface area contributed by atoms with E-state index >= 15 is 0 Å². The van der Waals surface area contributed by atoms with Crippen molar-refractivity contribution in [2.24, 2.45) is 0 Å². The summed E-state index contributed by atoms with van der Waals surface area (Å²) in [7, 11) is 0. The second kappa shape index (κ2) is 7.86. The maximum Gasteiger partial charge on any atom is 0.389 e. The Kier molecular flexibility index (Phi) is 6.01. The SMILES string of the molecule is Cc1nc(C(C)NC(=O)c2ccccc2CCC(F)(F)F)sc1C(=O)O. The molecule has 1 unspecified atom stereocenters. The molecular formula is C17H17F3N2O3S. The minimum Gasteiger partial charge on any atom is -0.477 e. The highest BCUT2D eigenvalue weighted by atomic mass is 32.1. The molecule has 0 bridgehead atoms. The van der Waals surface area contributed by atoms with Gasteiger partial charge in [-0.05, 0) is 31.9 Å². The molecule has 1 amide bonds. The molecule has 2 N–H and O–H groups in total. The van der Waals surface area contributed by atoms with E-state index in [1.807, 2.05) is 0 Å². The molecule has 0 spiro atoms. The van der Waals surface area contributed by atoms with E-state index in [9.17, 15) is 22.8 Å². The molecule has 1 aromatic carbocycles. The average Bonchev–Trinajstić information content (AvgIpc) is 2.94. The molecule has 140 valence electrons. The summed E-state index contributed by atoms with van der Waals surface area (Å²) in [6.07, 6.45) is -5.61. The largest absolute Gasteiger partial charge is 0.477 e. The third-order valence-corrected chi connectivity index (χ3v) is 4.99. The third-order valence-electron chi connectivity index (χ3n) is 3.67. The predicted molar refractivity (Wildman–Crippen MR) is 90.5 cm³/mol. The van der Waals surface area contributed by atoms with Crippen LogP contribution in [0.5, 0.6) is 0 Å². The van der Waals surface area contributed by atoms with Crippen LogP contribution >= 0.6 is 11.3 Å². The molecule has 5 nitrogen and oxygen atoms in total. The number of carboxylic acid groups (broad SMARTS) is 1. The van der Waals surface area contributed by atoms with Gasteiger partial charge >= 0.3 is 12.1 Å². The first kappa shape index (κ1) is 19.9. The van der Waals surface area contributed by atoms with Crippen molar-refractivity contribution in [3.05, 3.63) is 51.0 Å². The van der Waals surface area contributed by atoms with Gasteiger partial charge in [-0.1, -0.05) is 18.2 Å². The summed E-state index contributed by atoms with van der Waals surface area (Å²) in [5.74, 6) is -1.62. The van der Waals surface area contributed by atoms with Crippen LogP contribution in [0.1, 0.15) is 55.7 Å². The first-order chi connectivity index (χ1) is 12.1. The van der Waals surface area contributed by atoms with Crippen LogP contribution in [-0.2, 0) is 6.42 Å². The Labute approximate surface area is 151 Å². The van der Waals surface area contributed by atoms with E-state index in [4.69, 9.17) is 5.11 Å². The van der Waals surface area contributed by atoms with E-state index in [2.05, 4.69) is 10.3 Å². The van der Waals surface area contributed by atoms with Crippen LogP contribution in [0.25, 0.3) is 0 Å². The number of nitrogens with zero attached hydrogens (tertiary/aromatic N) is 1. The number of halogens is 3. The molecule has 26 heavy (non-hydrogen) atoms. The molecule has 0 aliphatic carbocycles. The van der Waals surface area contributed by atoms with Crippen LogP contribution in [0.2, 0.25) is 0 Å². The van der Waals surface area contributed by atoms with Gasteiger partial charge in [0.2, 0.25) is 0 Å². The van der Waals surface area contributed by atoms with Gasteiger partial charge < -0.3 is 10.4 Å². The van der Waals surface area contributed by atoms with Crippen LogP contribution in [0.3, 0.4) is 0 Å². The number of carbonyl (C=O) groups is 2. The fourth-order valence-corrected chi connectivity index (χ4v) is 3.28. The number of benzene rings is 1. The van der Waals surface area contributed by atoms with E-state index in [0.717, 1.165) is 11.3 Å². The summed E-state index contributed by atoms with van der Waals surface area (Å²) in [5, 5.41) is 12.2. The molecule has 0 aliphatic heterocycles. The molecule has 2 rings (SSSR count). The number of carboxylic acids is 1. The summed E-state index contributed by atoms with van der Waals surface area (Å²) in [5.41, 5.74) is 0.815. The van der Waals surface area contributed by atoms with Gasteiger partial charge in [-0.2, -0.15) is 13.2 Å². The number of aryl methyl sites for hydroxylation is 2. The second-order valence-electron chi connectivity index (χ2n) is 5.74. The van der Waals surface area contributed by atoms with Crippen LogP contribution < -0.4 is 5.32 Å². The number of hydrogen-bond acceptors (Lipinski definition) is 4. The molecule has 1 aromatic heterocycles. The number of aromatic carboxylic acids is 1. The van der Waals surface area contributed by atoms with Gasteiger partial charge in [-0.25, -0.2) is 9.78 Å². The van der Waals surface area contributed by atoms with E-state index < -0.39 is 30.5 Å². The summed E-state index contributed by atoms with van der Waals surface area (Å²) in [4.78, 5) is 27.8. The van der Waals surface area contributed by atoms with Crippen molar-refractivity contribution in [1.29, 1.82) is 0 Å². The van der Waals surface area contributed by atoms with E-state index in [1.165, 1.54) is 12.1 Å². The van der Waals surface area contributed by atoms with Gasteiger partial charge in [0.15, 0.2) is 0 Å². The van der Waals surface area contributed by atoms with Gasteiger partial charge in [0.1, 0.15) is 9.88 Å². The van der Waals surface area contributed by atoms with Crippen LogP contribution in [0.4, 0.5) is 13.2 Å². The minimum absolute atomic E-state index is 0.0895. The molecule has 1 heterocycles. The minimum atomic E-state index is -4.30. The van der Waals surface area contributed by atoms with E-state index in [1.54, 1.807) is 26.0 Å². The quantitative estimate of drug-likeness (QED) is 0.782. The summed E-state index contributed by atoms with van der Waals surface area (Å²) < 4.78 is 37.4. The number of rotatable bonds is 6. The van der Waals surface area contributed by atoms with Crippen molar-refractivity contribution < 1.29 is 27.9 Å². The lowest BCUT2D eigenvalue weighted by molar-refractivity contribution is -0.134. The first-order valence-electron chi connectivity index (χ1n) is 7.74. The lowest BCUT2D eigenvalue weighted by Crippen LogP contribution is -2.27. The molecule has 0 saturated carbocycles. The number of hydrogen-bond donors (Lipinski definition) is 2. The smallest absolute Gasteiger partial charge is 0.389 e. The molecule has 0 radical (unpaired) electrons. The molecule has 9 heteroatoms. The lowest BCUT2D eigenvalue weighted by Gasteiger charge is -2.14. The molecule has 0 aliphatic rings. The Bertz CT molecular complexity index is 818. The number of amides is 1. The van der Waals surface area contributed by atoms with Crippen molar-refractivity contribution in [2.75, 3.05) is 0 Å². The predicted octanol–water partition coefficient (Wildman–Crippen LogP) is 4.14. The lowest BCUT2D eigenvalue weighted by atomic mass is 10.0. The van der Waals surface area contributed by atoms with Crippen molar-refractivity contribution in [2.45, 2.75) is 38.9 Å². The highest BCUT2D eigenvalue weighted by molar-refractivity contribution is 7.13. The Morgan fingerprint density at radius 1 is 1.31 bits per heavy atom. The maximum atomic E-state index is 12.5. The Morgan fingerprint density at radius 2 is 1.96 bits per heavy atom. The second-order valence-corrected chi connectivity index (χ2v) is 6.77. The first-order valence-corrected chi connectivity index (χ1v) is 8.56. The zero-order valence-electron chi connectivity index (χ0n) is 14.1. The van der Waals surface area contributed by atoms with Gasteiger partial charge in [0, 0.05) is 12.0 Å². The summed E-state index contributed by atoms with van der Waals surface area (Å²) in [6.45, 7) is 3.20. The van der Waals surface area contributed by atoms with Crippen LogP contribution in [0.15, 0.2) is 24.3 Å². The average molecular weight is 386 g/mol. The van der Waals surface area contributed by atoms with E-state index in [-0.39, 0.29) is 16.9 Å². The zero-order valence-corrected chi connectivity index (χ0v) is 14.9. The van der Waals surface area contributed by atoms with Crippen LogP contribution in [-0.4, -0.2) is 28.1 Å². The van der Waals surface area contributed by atoms with Crippen molar-refractivity contribution in [3.63, 3.8) is 0 Å². The zero-order chi connectivity index (χ0) is 19.5. The molecule has 2 aromatic rings. The Morgan fingerprint density at radius 3 is 2.54 bits per heavy atom. The Hall–Kier alpha value is -2.42. The highest BCUT2D eigenvalue weighted by Gasteiger charge is 2.27. The van der Waals surface area contributed by atoms with Crippen molar-refractivity contribution in [3.8, 4) is 0 Å². The topological polar surface area (TPSA) is 79.3 Å². The summed E-state index contributed by atoms with van der Waals surface area (Å²) >= 11 is 0.957. The van der Waals surface area contributed by atoms with E-state index in [0.29, 0.717) is 16.3 Å². The fraction of sp³-hybridized carbons (Fsp3) is 0.353. The third kappa shape index (κ3) is 5.04. The number of nitrogens with one attached hydrogen (secondary N) is 1. The number of aromatic nitrogens is 1. The Balaban J connectivity index is 2.14. The monoisotopic (exact) mass is 386 g/mol. The molecule has 0 fully saturated rings. The van der Waals surface area contributed by atoms with Crippen molar-refractivity contribution >= 4 is 23.2 Å². The highest BCUT2D eigenvalue weighted by Crippen LogP contribution is 2.25. The van der Waals surface area contributed by atoms with Gasteiger partial charge in [0.05, 0.1) is 11.7 Å². The normalized spacial score (nSPS) is 12.7. The number of carbonyl (C=O) groups excluding carboxylic acids is 1. The molecular weight excluding hydrogens is 369 g/mol. The summed E-state index contributed by atoms with van der Waals surface area (Å²) in [6, 6.07) is 5.53. The number of alkyl halides is 3. The van der Waals surface area contributed by atoms with Crippen molar-refractivity contribution in [1.82, 2.24) is 10.3 Å². The fourth-order valence-electron chi connectivity index (χ4n) is 2.37. The van der Waals surface area contributed by atoms with Crippen LogP contribution in [0, 0.1) is 6.92 Å². The molecule has 1 atom stereocenters. The standard InChI is InChI=1S/C17H17F3N2O3S/c1-9-13(16(24)25)26-15(22-9)10(2)21-14(23)12-6-4-3-5-11(12)7-8-17(18,19)20/h3-6,10H,7-8H2,1-2H3,(H,21,23)(H,24,25). The van der Waals surface area contributed by atoms with Gasteiger partial charge in [0.25, 0.3) is 5.91 Å². The van der Waals surface area contributed by atoms with Gasteiger partial charge in [-0.15, -0.1) is 11.3 Å². The maximum absolute atomic E-state index is 12.5. The number of thiazole rings is 1. The van der Waals surface area contributed by atoms with Gasteiger partial charge in [-0.3, -0.25) is 4.79 Å². The molecule has 0 saturated heterocycles.